The fourth-order valence-electron chi connectivity index (χ4n) is 17.4. The minimum atomic E-state index is -5.22. The van der Waals surface area contributed by atoms with Crippen molar-refractivity contribution in [1.29, 1.82) is 0 Å². The Bertz CT molecular complexity index is 3210. The van der Waals surface area contributed by atoms with E-state index in [0.29, 0.717) is 51.4 Å². The van der Waals surface area contributed by atoms with E-state index < -0.39 is 230 Å². The number of ether oxygens (including phenoxy) is 1. The van der Waals surface area contributed by atoms with Crippen LogP contribution in [0, 0.1) is 35.5 Å². The van der Waals surface area contributed by atoms with E-state index in [1.54, 1.807) is 39.8 Å². The number of likely N-dealkylation sites (N-methyl/N-ethyl adjacent to an activating group) is 7. The van der Waals surface area contributed by atoms with Crippen LogP contribution in [0.25, 0.3) is 0 Å². The van der Waals surface area contributed by atoms with Gasteiger partial charge in [-0.3, -0.25) is 57.5 Å². The average Bonchev–Trinajstić information content (AvgIpc) is 1.24. The topological polar surface area (TPSA) is 279 Å². The van der Waals surface area contributed by atoms with Gasteiger partial charge in [0.05, 0.1) is 31.5 Å². The van der Waals surface area contributed by atoms with E-state index in [4.69, 9.17) is 4.74 Å². The Labute approximate surface area is 629 Å². The number of nitrogens with one attached hydrogen (secondary N) is 3. The van der Waals surface area contributed by atoms with Crippen LogP contribution in [0.5, 0.6) is 0 Å². The molecule has 3 heterocycles. The Morgan fingerprint density at radius 2 is 1.25 bits per heavy atom. The summed E-state index contributed by atoms with van der Waals surface area (Å²) < 4.78 is 121. The van der Waals surface area contributed by atoms with Crippen LogP contribution in [-0.4, -0.2) is 289 Å². The number of hydrogen-bond acceptors (Lipinski definition) is 13. The molecular weight excluding hydrogens is 1430 g/mol. The molecule has 610 valence electrons. The van der Waals surface area contributed by atoms with Crippen LogP contribution in [0.15, 0.2) is 12.2 Å². The van der Waals surface area contributed by atoms with Gasteiger partial charge in [0.1, 0.15) is 72.1 Å². The maximum Gasteiger partial charge on any atom is 0.397 e. The van der Waals surface area contributed by atoms with E-state index in [-0.39, 0.29) is 96.7 Å². The van der Waals surface area contributed by atoms with Gasteiger partial charge in [-0.25, -0.2) is 8.78 Å². The van der Waals surface area contributed by atoms with Crippen molar-refractivity contribution in [2.45, 2.75) is 266 Å². The van der Waals surface area contributed by atoms with Crippen molar-refractivity contribution in [2.24, 2.45) is 35.5 Å². The number of fused-ring (bicyclic) bond motifs is 3. The molecule has 1 spiro atoms. The molecule has 12 atom stereocenters. The highest BCUT2D eigenvalue weighted by atomic mass is 19.4. The van der Waals surface area contributed by atoms with E-state index in [1.807, 2.05) is 0 Å². The molecule has 6 fully saturated rings. The van der Waals surface area contributed by atoms with Gasteiger partial charge in [0.15, 0.2) is 0 Å². The Balaban J connectivity index is 1.33. The minimum Gasteiger partial charge on any atom is -0.377 e. The van der Waals surface area contributed by atoms with Crippen LogP contribution >= 0.6 is 0 Å². The van der Waals surface area contributed by atoms with E-state index >= 15 is 37.5 Å². The van der Waals surface area contributed by atoms with Crippen molar-refractivity contribution in [3.05, 3.63) is 12.2 Å². The van der Waals surface area contributed by atoms with Crippen LogP contribution < -0.4 is 16.0 Å². The molecule has 3 aliphatic heterocycles. The lowest BCUT2D eigenvalue weighted by atomic mass is 9.76. The Morgan fingerprint density at radius 3 is 1.82 bits per heavy atom. The SMILES string of the molecule is CCO[C@@H]1C[C@H]2C(=O)NC3(CCCCC3)C(=O)N(C)[C@@H](C3CCCC3)C(=O)N(C)[C@H](C(=O)N(C)C)CC(=O)N(C)[C@@H](CC)C(=O)N[C@@H]([C@@H](C)CC)C(=O)N(C)CC(=O)N(C)[C@H]3C/C=C\CCN(C3=O)[C@@H](CC3CCC(C(F)(F)F)CC3)C(=O)N(C)CC(=O)N[C@@H](CCC3CC(F)C(C(F)(F)F)C(F)C3)C(=O)N2C1. The standard InChI is InChI=1S/C75H116F8N12O13/c1-13-44(4)62-70(105)89(8)43-60(98)91(10)54-26-18-16-23-35-94(69(54)104)57(38-45-27-30-48(31-28-45)74(78,79)80)68(103)88(7)42-58(96)84-52(32-29-46-36-50(76)61(51(77)37-46)75(81,82)83)66(101)95-41-49(108-15-3)39-55(95)65(100)86-73(33-21-17-22-34-73)72(107)93(12)63(47-24-19-20-25-47)71(106)92(11)56(67(102)87(5)6)40-59(97)90(9)53(14-2)64(99)85-62/h16,18,44-57,61-63H,13-15,17,19-43H2,1-12H3,(H,84,96)(H,85,99)(H,86,100)/b18-16-/t44-,45?,46?,48?,49+,50?,51?,52-,53-,54-,55-,56-,57-,61?,62-,63-/m0/s1. The molecule has 33 heteroatoms. The lowest BCUT2D eigenvalue weighted by molar-refractivity contribution is -0.219. The molecule has 3 N–H and O–H groups in total. The van der Waals surface area contributed by atoms with Crippen LogP contribution in [0.3, 0.4) is 0 Å². The zero-order valence-corrected chi connectivity index (χ0v) is 64.8. The number of amides is 12. The van der Waals surface area contributed by atoms with Gasteiger partial charge in [-0.05, 0) is 133 Å². The average molecular weight is 1550 g/mol. The van der Waals surface area contributed by atoms with Gasteiger partial charge in [0.2, 0.25) is 70.9 Å². The Morgan fingerprint density at radius 1 is 0.630 bits per heavy atom. The van der Waals surface area contributed by atoms with Crippen molar-refractivity contribution in [3.63, 3.8) is 0 Å². The van der Waals surface area contributed by atoms with E-state index in [1.165, 1.54) is 71.1 Å². The molecule has 108 heavy (non-hydrogen) atoms. The number of carbonyl (C=O) groups is 12. The monoisotopic (exact) mass is 1540 g/mol. The third-order valence-corrected chi connectivity index (χ3v) is 24.1. The normalized spacial score (nSPS) is 32.1. The number of hydrogen-bond donors (Lipinski definition) is 3. The third-order valence-electron chi connectivity index (χ3n) is 24.1. The molecule has 0 aromatic rings. The molecule has 4 aliphatic carbocycles. The first-order chi connectivity index (χ1) is 50.7. The summed E-state index contributed by atoms with van der Waals surface area (Å²) in [6.07, 6.45) is -12.2. The van der Waals surface area contributed by atoms with Gasteiger partial charge in [-0.15, -0.1) is 0 Å². The molecule has 25 nitrogen and oxygen atoms in total. The molecular formula is C75H116F8N12O13. The number of nitrogens with zero attached hydrogens (tertiary/aromatic N) is 9. The van der Waals surface area contributed by atoms with Gasteiger partial charge in [-0.1, -0.05) is 71.4 Å². The summed E-state index contributed by atoms with van der Waals surface area (Å²) in [4.78, 5) is 191. The molecule has 0 aromatic carbocycles. The van der Waals surface area contributed by atoms with Crippen LogP contribution in [0.2, 0.25) is 0 Å². The number of alkyl halides is 8. The number of rotatable bonds is 12. The van der Waals surface area contributed by atoms with Crippen molar-refractivity contribution in [3.8, 4) is 0 Å². The lowest BCUT2D eigenvalue weighted by Gasteiger charge is -2.44. The summed E-state index contributed by atoms with van der Waals surface area (Å²) in [5.41, 5.74) is -1.73. The van der Waals surface area contributed by atoms with Crippen molar-refractivity contribution >= 4 is 70.9 Å². The first-order valence-corrected chi connectivity index (χ1v) is 38.7. The quantitative estimate of drug-likeness (QED) is 0.139. The lowest BCUT2D eigenvalue weighted by Crippen LogP contribution is -2.66. The maximum atomic E-state index is 15.8. The summed E-state index contributed by atoms with van der Waals surface area (Å²) in [6.45, 7) is 4.87. The van der Waals surface area contributed by atoms with Gasteiger partial charge < -0.3 is 64.8 Å². The highest BCUT2D eigenvalue weighted by Crippen LogP contribution is 2.46. The minimum absolute atomic E-state index is 0.00264. The largest absolute Gasteiger partial charge is 0.397 e. The summed E-state index contributed by atoms with van der Waals surface area (Å²) in [7, 11) is 10.9. The molecule has 0 radical (unpaired) electrons. The molecule has 4 saturated carbocycles. The zero-order valence-electron chi connectivity index (χ0n) is 64.8. The van der Waals surface area contributed by atoms with E-state index in [2.05, 4.69) is 16.0 Å². The predicted octanol–water partition coefficient (Wildman–Crippen LogP) is 6.50. The fraction of sp³-hybridized carbons (Fsp3) is 0.813. The Hall–Kier alpha value is -7.22. The van der Waals surface area contributed by atoms with Gasteiger partial charge >= 0.3 is 12.4 Å². The third kappa shape index (κ3) is 21.3. The zero-order chi connectivity index (χ0) is 80.2. The molecule has 2 saturated heterocycles. The van der Waals surface area contributed by atoms with Crippen molar-refractivity contribution < 1.29 is 97.4 Å². The van der Waals surface area contributed by atoms with Gasteiger partial charge in [0.25, 0.3) is 0 Å². The molecule has 7 rings (SSSR count). The summed E-state index contributed by atoms with van der Waals surface area (Å²) >= 11 is 0. The molecule has 12 amide bonds. The second-order valence-electron chi connectivity index (χ2n) is 31.6. The van der Waals surface area contributed by atoms with Crippen LogP contribution in [-0.2, 0) is 62.3 Å². The second-order valence-corrected chi connectivity index (χ2v) is 31.6. The Kier molecular flexibility index (Phi) is 31.1. The smallest absolute Gasteiger partial charge is 0.377 e. The van der Waals surface area contributed by atoms with Crippen LogP contribution in [0.4, 0.5) is 35.1 Å². The molecule has 2 unspecified atom stereocenters. The summed E-state index contributed by atoms with van der Waals surface area (Å²) in [5.74, 6) is -16.8. The maximum absolute atomic E-state index is 15.8. The first-order valence-electron chi connectivity index (χ1n) is 38.7. The highest BCUT2D eigenvalue weighted by Gasteiger charge is 2.56. The number of halogens is 8. The summed E-state index contributed by atoms with van der Waals surface area (Å²) in [6, 6.07) is -11.4. The predicted molar refractivity (Wildman–Crippen MR) is 381 cm³/mol. The fourth-order valence-corrected chi connectivity index (χ4v) is 17.4. The van der Waals surface area contributed by atoms with Gasteiger partial charge in [-0.2, -0.15) is 26.3 Å². The molecule has 0 aromatic heterocycles. The van der Waals surface area contributed by atoms with Crippen molar-refractivity contribution in [1.82, 2.24) is 60.0 Å². The summed E-state index contributed by atoms with van der Waals surface area (Å²) in [5, 5.41) is 8.47. The molecule has 2 bridgehead atoms. The van der Waals surface area contributed by atoms with Crippen LogP contribution in [0.1, 0.15) is 182 Å². The van der Waals surface area contributed by atoms with Gasteiger partial charge in [0, 0.05) is 82.5 Å². The second kappa shape index (κ2) is 38.1. The van der Waals surface area contributed by atoms with E-state index in [0.717, 1.165) is 29.4 Å². The van der Waals surface area contributed by atoms with Crippen molar-refractivity contribution in [2.75, 3.05) is 89.2 Å². The first kappa shape index (κ1) is 88.0. The molecule has 7 aliphatic rings. The number of carbonyl (C=O) groups excluding carboxylic acids is 12. The highest BCUT2D eigenvalue weighted by molar-refractivity contribution is 6.01. The van der Waals surface area contributed by atoms with E-state index in [9.17, 15) is 55.1 Å².